The van der Waals surface area contributed by atoms with Crippen molar-refractivity contribution in [2.75, 3.05) is 13.1 Å². The highest BCUT2D eigenvalue weighted by molar-refractivity contribution is 6.04. The van der Waals surface area contributed by atoms with Gasteiger partial charge in [0.25, 0.3) is 0 Å². The molecule has 1 fully saturated rings. The van der Waals surface area contributed by atoms with Gasteiger partial charge in [-0.05, 0) is 39.7 Å². The van der Waals surface area contributed by atoms with Crippen LogP contribution in [-0.4, -0.2) is 35.5 Å². The van der Waals surface area contributed by atoms with Crippen LogP contribution in [-0.2, 0) is 20.7 Å². The van der Waals surface area contributed by atoms with E-state index in [9.17, 15) is 9.59 Å². The van der Waals surface area contributed by atoms with Crippen LogP contribution in [0, 0.1) is 5.41 Å². The monoisotopic (exact) mass is 315 g/mol. The molecule has 0 unspecified atom stereocenters. The molecule has 1 saturated heterocycles. The first-order chi connectivity index (χ1) is 10.6. The van der Waals surface area contributed by atoms with Gasteiger partial charge in [0.2, 0.25) is 5.91 Å². The Morgan fingerprint density at radius 1 is 1.30 bits per heavy atom. The number of esters is 1. The second kappa shape index (κ2) is 6.19. The van der Waals surface area contributed by atoms with Gasteiger partial charge in [0.15, 0.2) is 0 Å². The van der Waals surface area contributed by atoms with E-state index in [-0.39, 0.29) is 11.9 Å². The highest BCUT2D eigenvalue weighted by atomic mass is 16.6. The topological polar surface area (TPSA) is 46.6 Å². The third-order valence-corrected chi connectivity index (χ3v) is 4.08. The molecule has 4 nitrogen and oxygen atoms in total. The van der Waals surface area contributed by atoms with E-state index in [0.717, 1.165) is 12.0 Å². The molecule has 1 aliphatic heterocycles. The van der Waals surface area contributed by atoms with Crippen molar-refractivity contribution in [2.24, 2.45) is 5.41 Å². The van der Waals surface area contributed by atoms with Gasteiger partial charge in [0, 0.05) is 18.7 Å². The molecule has 124 valence electrons. The van der Waals surface area contributed by atoms with Gasteiger partial charge in [-0.25, -0.2) is 0 Å². The Labute approximate surface area is 138 Å². The Morgan fingerprint density at radius 3 is 2.48 bits per heavy atom. The summed E-state index contributed by atoms with van der Waals surface area (Å²) < 4.78 is 5.48. The zero-order valence-corrected chi connectivity index (χ0v) is 14.4. The Balaban J connectivity index is 2.07. The van der Waals surface area contributed by atoms with Gasteiger partial charge in [-0.1, -0.05) is 36.9 Å². The van der Waals surface area contributed by atoms with Crippen molar-refractivity contribution in [2.45, 2.75) is 39.7 Å². The normalized spacial score (nSPS) is 21.7. The molecular formula is C19H25NO3. The van der Waals surface area contributed by atoms with E-state index in [0.29, 0.717) is 18.7 Å². The van der Waals surface area contributed by atoms with Crippen LogP contribution >= 0.6 is 0 Å². The summed E-state index contributed by atoms with van der Waals surface area (Å²) >= 11 is 0. The summed E-state index contributed by atoms with van der Waals surface area (Å²) in [5.74, 6) is -0.542. The lowest BCUT2D eigenvalue weighted by Gasteiger charge is -2.28. The highest BCUT2D eigenvalue weighted by Crippen LogP contribution is 2.37. The van der Waals surface area contributed by atoms with Crippen molar-refractivity contribution in [3.63, 3.8) is 0 Å². The minimum absolute atomic E-state index is 0.158. The maximum atomic E-state index is 12.5. The lowest BCUT2D eigenvalue weighted by molar-refractivity contribution is -0.163. The van der Waals surface area contributed by atoms with Crippen LogP contribution in [0.25, 0.3) is 0 Å². The molecule has 2 rings (SSSR count). The molecule has 0 N–H and O–H groups in total. The molecule has 0 saturated carbocycles. The average molecular weight is 315 g/mol. The van der Waals surface area contributed by atoms with Gasteiger partial charge in [-0.3, -0.25) is 9.59 Å². The number of likely N-dealkylation sites (tertiary alicyclic amines) is 1. The lowest BCUT2D eigenvalue weighted by Crippen LogP contribution is -2.38. The van der Waals surface area contributed by atoms with Crippen LogP contribution < -0.4 is 0 Å². The van der Waals surface area contributed by atoms with Crippen molar-refractivity contribution in [3.05, 3.63) is 48.0 Å². The first-order valence-corrected chi connectivity index (χ1v) is 7.89. The van der Waals surface area contributed by atoms with Crippen LogP contribution in [0.3, 0.4) is 0 Å². The first-order valence-electron chi connectivity index (χ1n) is 7.89. The first kappa shape index (κ1) is 17.3. The van der Waals surface area contributed by atoms with Gasteiger partial charge in [-0.2, -0.15) is 0 Å². The Kier molecular flexibility index (Phi) is 4.64. The van der Waals surface area contributed by atoms with Crippen LogP contribution in [0.5, 0.6) is 0 Å². The Hall–Kier alpha value is -2.10. The van der Waals surface area contributed by atoms with Crippen LogP contribution in [0.1, 0.15) is 33.3 Å². The average Bonchev–Trinajstić information content (AvgIpc) is 2.70. The van der Waals surface area contributed by atoms with Crippen LogP contribution in [0.2, 0.25) is 0 Å². The van der Waals surface area contributed by atoms with Gasteiger partial charge >= 0.3 is 5.97 Å². The van der Waals surface area contributed by atoms with Gasteiger partial charge in [0.1, 0.15) is 11.0 Å². The molecule has 1 aromatic carbocycles. The summed E-state index contributed by atoms with van der Waals surface area (Å²) in [6.45, 7) is 11.9. The SMILES string of the molecule is C=C1C(=O)N(CCc2ccccc2)C[C@@]1(C)C(=O)OC(C)(C)C. The fourth-order valence-corrected chi connectivity index (χ4v) is 2.64. The minimum Gasteiger partial charge on any atom is -0.459 e. The zero-order chi connectivity index (χ0) is 17.3. The molecule has 0 aliphatic carbocycles. The molecule has 0 aromatic heterocycles. The van der Waals surface area contributed by atoms with Crippen molar-refractivity contribution in [1.29, 1.82) is 0 Å². The highest BCUT2D eigenvalue weighted by Gasteiger charge is 2.50. The standard InChI is InChI=1S/C19H25NO3/c1-14-16(21)20(12-11-15-9-7-6-8-10-15)13-19(14,5)17(22)23-18(2,3)4/h6-10H,1,11-13H2,2-5H3/t19-/m1/s1. The molecular weight excluding hydrogens is 290 g/mol. The van der Waals surface area contributed by atoms with Gasteiger partial charge in [-0.15, -0.1) is 0 Å². The fourth-order valence-electron chi connectivity index (χ4n) is 2.64. The molecule has 0 radical (unpaired) electrons. The molecule has 0 bridgehead atoms. The summed E-state index contributed by atoms with van der Waals surface area (Å²) in [6.07, 6.45) is 0.754. The molecule has 4 heteroatoms. The largest absolute Gasteiger partial charge is 0.459 e. The molecule has 1 amide bonds. The molecule has 23 heavy (non-hydrogen) atoms. The fraction of sp³-hybridized carbons (Fsp3) is 0.474. The van der Waals surface area contributed by atoms with E-state index in [1.54, 1.807) is 11.8 Å². The van der Waals surface area contributed by atoms with E-state index in [1.807, 2.05) is 51.1 Å². The van der Waals surface area contributed by atoms with Crippen molar-refractivity contribution in [3.8, 4) is 0 Å². The van der Waals surface area contributed by atoms with Gasteiger partial charge in [0.05, 0.1) is 0 Å². The molecule has 1 heterocycles. The molecule has 1 atom stereocenters. The number of hydrogen-bond acceptors (Lipinski definition) is 3. The number of carbonyl (C=O) groups is 2. The number of amides is 1. The van der Waals surface area contributed by atoms with E-state index in [1.165, 1.54) is 0 Å². The third kappa shape index (κ3) is 3.81. The molecule has 1 aliphatic rings. The zero-order valence-electron chi connectivity index (χ0n) is 14.4. The second-order valence-electron chi connectivity index (χ2n) is 7.27. The Bertz CT molecular complexity index is 615. The predicted molar refractivity (Wildman–Crippen MR) is 89.8 cm³/mol. The van der Waals surface area contributed by atoms with Crippen LogP contribution in [0.15, 0.2) is 42.5 Å². The number of nitrogens with zero attached hydrogens (tertiary/aromatic N) is 1. The smallest absolute Gasteiger partial charge is 0.318 e. The molecule has 1 aromatic rings. The van der Waals surface area contributed by atoms with E-state index >= 15 is 0 Å². The van der Waals surface area contributed by atoms with Crippen molar-refractivity contribution in [1.82, 2.24) is 4.90 Å². The van der Waals surface area contributed by atoms with E-state index in [2.05, 4.69) is 6.58 Å². The summed E-state index contributed by atoms with van der Waals surface area (Å²) in [5, 5.41) is 0. The third-order valence-electron chi connectivity index (χ3n) is 4.08. The number of ether oxygens (including phenoxy) is 1. The van der Waals surface area contributed by atoms with Gasteiger partial charge < -0.3 is 9.64 Å². The second-order valence-corrected chi connectivity index (χ2v) is 7.27. The summed E-state index contributed by atoms with van der Waals surface area (Å²) in [4.78, 5) is 26.6. The van der Waals surface area contributed by atoms with Crippen molar-refractivity contribution >= 4 is 11.9 Å². The number of rotatable bonds is 4. The maximum Gasteiger partial charge on any atom is 0.318 e. The summed E-state index contributed by atoms with van der Waals surface area (Å²) in [5.41, 5.74) is -0.0707. The van der Waals surface area contributed by atoms with E-state index in [4.69, 9.17) is 4.74 Å². The number of benzene rings is 1. The number of hydrogen-bond donors (Lipinski definition) is 0. The number of carbonyl (C=O) groups excluding carboxylic acids is 2. The van der Waals surface area contributed by atoms with E-state index < -0.39 is 11.0 Å². The predicted octanol–water partition coefficient (Wildman–Crippen LogP) is 2.98. The Morgan fingerprint density at radius 2 is 1.91 bits per heavy atom. The summed E-state index contributed by atoms with van der Waals surface area (Å²) in [7, 11) is 0. The quantitative estimate of drug-likeness (QED) is 0.634. The van der Waals surface area contributed by atoms with Crippen LogP contribution in [0.4, 0.5) is 0 Å². The maximum absolute atomic E-state index is 12.5. The van der Waals surface area contributed by atoms with Crippen molar-refractivity contribution < 1.29 is 14.3 Å². The molecule has 0 spiro atoms. The minimum atomic E-state index is -0.971. The lowest BCUT2D eigenvalue weighted by atomic mass is 9.85. The summed E-state index contributed by atoms with van der Waals surface area (Å²) in [6, 6.07) is 9.98.